The minimum atomic E-state index is -1.07. The Morgan fingerprint density at radius 3 is 2.19 bits per heavy atom. The van der Waals surface area contributed by atoms with E-state index in [1.807, 2.05) is 74.5 Å². The van der Waals surface area contributed by atoms with E-state index in [9.17, 15) is 10.1 Å². The monoisotopic (exact) mass is 360 g/mol. The maximum absolute atomic E-state index is 12.9. The number of amides is 1. The number of benzene rings is 2. The third kappa shape index (κ3) is 2.91. The number of thiophene rings is 1. The first kappa shape index (κ1) is 17.9. The smallest absolute Gasteiger partial charge is 0.233 e. The van der Waals surface area contributed by atoms with Gasteiger partial charge in [-0.15, -0.1) is 11.3 Å². The molecule has 2 N–H and O–H groups in total. The van der Waals surface area contributed by atoms with Crippen LogP contribution in [0.5, 0.6) is 0 Å². The van der Waals surface area contributed by atoms with Crippen LogP contribution in [0.15, 0.2) is 60.7 Å². The van der Waals surface area contributed by atoms with Crippen molar-refractivity contribution in [2.24, 2.45) is 5.73 Å². The Labute approximate surface area is 157 Å². The average Bonchev–Trinajstić information content (AvgIpc) is 2.95. The summed E-state index contributed by atoms with van der Waals surface area (Å²) in [5.41, 5.74) is 8.25. The zero-order chi connectivity index (χ0) is 18.7. The Kier molecular flexibility index (Phi) is 4.92. The van der Waals surface area contributed by atoms with Gasteiger partial charge >= 0.3 is 0 Å². The van der Waals surface area contributed by atoms with Gasteiger partial charge in [0.2, 0.25) is 5.91 Å². The highest BCUT2D eigenvalue weighted by Crippen LogP contribution is 2.43. The minimum Gasteiger partial charge on any atom is -0.369 e. The predicted octanol–water partition coefficient (Wildman–Crippen LogP) is 4.25. The number of nitrogens with two attached hydrogens (primary N) is 1. The van der Waals surface area contributed by atoms with E-state index in [0.29, 0.717) is 12.0 Å². The second kappa shape index (κ2) is 7.15. The van der Waals surface area contributed by atoms with E-state index in [-0.39, 0.29) is 0 Å². The molecule has 0 spiro atoms. The normalized spacial score (nSPS) is 13.0. The van der Waals surface area contributed by atoms with E-state index in [0.717, 1.165) is 26.4 Å². The zero-order valence-electron chi connectivity index (χ0n) is 14.8. The van der Waals surface area contributed by atoms with Crippen LogP contribution in [0.25, 0.3) is 0 Å². The summed E-state index contributed by atoms with van der Waals surface area (Å²) in [6, 6.07) is 21.7. The van der Waals surface area contributed by atoms with Gasteiger partial charge in [-0.1, -0.05) is 60.7 Å². The Morgan fingerprint density at radius 2 is 1.65 bits per heavy atom. The van der Waals surface area contributed by atoms with E-state index in [2.05, 4.69) is 6.07 Å². The molecule has 130 valence electrons. The van der Waals surface area contributed by atoms with Crippen LogP contribution in [0.1, 0.15) is 32.0 Å². The van der Waals surface area contributed by atoms with Crippen molar-refractivity contribution < 1.29 is 4.79 Å². The van der Waals surface area contributed by atoms with Crippen molar-refractivity contribution in [3.8, 4) is 6.07 Å². The fourth-order valence-electron chi connectivity index (χ4n) is 3.34. The quantitative estimate of drug-likeness (QED) is 0.739. The van der Waals surface area contributed by atoms with Crippen LogP contribution in [0, 0.1) is 25.2 Å². The van der Waals surface area contributed by atoms with Gasteiger partial charge in [-0.2, -0.15) is 5.26 Å². The van der Waals surface area contributed by atoms with E-state index in [4.69, 9.17) is 5.73 Å². The maximum atomic E-state index is 12.9. The highest BCUT2D eigenvalue weighted by Gasteiger charge is 2.44. The minimum absolute atomic E-state index is 0.418. The van der Waals surface area contributed by atoms with Crippen LogP contribution in [-0.2, 0) is 16.6 Å². The Morgan fingerprint density at radius 1 is 1.08 bits per heavy atom. The van der Waals surface area contributed by atoms with E-state index in [1.54, 1.807) is 0 Å². The first-order valence-corrected chi connectivity index (χ1v) is 9.22. The molecule has 0 fully saturated rings. The summed E-state index contributed by atoms with van der Waals surface area (Å²) >= 11 is 1.49. The molecule has 1 aromatic heterocycles. The van der Waals surface area contributed by atoms with Crippen LogP contribution in [0.3, 0.4) is 0 Å². The Balaban J connectivity index is 2.34. The van der Waals surface area contributed by atoms with Crippen molar-refractivity contribution >= 4 is 17.2 Å². The molecule has 3 nitrogen and oxygen atoms in total. The summed E-state index contributed by atoms with van der Waals surface area (Å²) in [6.45, 7) is 3.90. The van der Waals surface area contributed by atoms with Gasteiger partial charge in [0.25, 0.3) is 0 Å². The fourth-order valence-corrected chi connectivity index (χ4v) is 4.67. The molecule has 0 bridgehead atoms. The number of hydrogen-bond acceptors (Lipinski definition) is 3. The molecule has 3 aromatic rings. The van der Waals surface area contributed by atoms with E-state index >= 15 is 0 Å². The second-order valence-corrected chi connectivity index (χ2v) is 7.62. The fraction of sp³-hybridized carbons (Fsp3) is 0.182. The van der Waals surface area contributed by atoms with Crippen molar-refractivity contribution in [3.05, 3.63) is 92.7 Å². The summed E-state index contributed by atoms with van der Waals surface area (Å²) in [5, 5.41) is 9.78. The van der Waals surface area contributed by atoms with Gasteiger partial charge in [0.05, 0.1) is 5.56 Å². The summed E-state index contributed by atoms with van der Waals surface area (Å²) < 4.78 is 0. The number of hydrogen-bond donors (Lipinski definition) is 1. The highest BCUT2D eigenvalue weighted by molar-refractivity contribution is 7.12. The van der Waals surface area contributed by atoms with Crippen molar-refractivity contribution in [2.75, 3.05) is 0 Å². The molecule has 1 unspecified atom stereocenters. The number of primary amides is 1. The molecule has 1 heterocycles. The molecule has 0 saturated carbocycles. The largest absolute Gasteiger partial charge is 0.369 e. The van der Waals surface area contributed by atoms with Gasteiger partial charge in [-0.25, -0.2) is 0 Å². The molecule has 4 heteroatoms. The number of carbonyl (C=O) groups excluding carboxylic acids is 1. The van der Waals surface area contributed by atoms with Gasteiger partial charge in [-0.3, -0.25) is 4.79 Å². The second-order valence-electron chi connectivity index (χ2n) is 6.40. The van der Waals surface area contributed by atoms with Crippen LogP contribution < -0.4 is 5.73 Å². The van der Waals surface area contributed by atoms with Gasteiger partial charge in [0, 0.05) is 9.75 Å². The molecule has 3 rings (SSSR count). The third-order valence-electron chi connectivity index (χ3n) is 4.88. The number of nitrogens with zero attached hydrogens (tertiary/aromatic N) is 1. The SMILES string of the molecule is Cc1sc(C(Cc2ccccc2)(C(N)=O)c2ccccc2)c(C#N)c1C. The Bertz CT molecular complexity index is 971. The van der Waals surface area contributed by atoms with Crippen molar-refractivity contribution in [1.82, 2.24) is 0 Å². The van der Waals surface area contributed by atoms with Gasteiger partial charge in [0.15, 0.2) is 0 Å². The molecule has 0 aliphatic carbocycles. The van der Waals surface area contributed by atoms with Gasteiger partial charge in [0.1, 0.15) is 11.5 Å². The van der Waals surface area contributed by atoms with Gasteiger partial charge in [-0.05, 0) is 37.0 Å². The van der Waals surface area contributed by atoms with Crippen LogP contribution in [0.2, 0.25) is 0 Å². The molecule has 1 atom stereocenters. The number of aryl methyl sites for hydroxylation is 1. The lowest BCUT2D eigenvalue weighted by Crippen LogP contribution is -2.44. The summed E-state index contributed by atoms with van der Waals surface area (Å²) in [4.78, 5) is 14.7. The topological polar surface area (TPSA) is 66.9 Å². The molecule has 2 aromatic carbocycles. The molecule has 1 amide bonds. The van der Waals surface area contributed by atoms with Gasteiger partial charge < -0.3 is 5.73 Å². The first-order chi connectivity index (χ1) is 12.5. The number of rotatable bonds is 5. The highest BCUT2D eigenvalue weighted by atomic mass is 32.1. The molecule has 26 heavy (non-hydrogen) atoms. The maximum Gasteiger partial charge on any atom is 0.233 e. The van der Waals surface area contributed by atoms with Crippen LogP contribution in [0.4, 0.5) is 0 Å². The van der Waals surface area contributed by atoms with Crippen molar-refractivity contribution in [3.63, 3.8) is 0 Å². The first-order valence-electron chi connectivity index (χ1n) is 8.40. The van der Waals surface area contributed by atoms with Crippen molar-refractivity contribution in [1.29, 1.82) is 5.26 Å². The van der Waals surface area contributed by atoms with E-state index < -0.39 is 11.3 Å². The molecule has 0 aliphatic rings. The van der Waals surface area contributed by atoms with E-state index in [1.165, 1.54) is 11.3 Å². The molecule has 0 saturated heterocycles. The lowest BCUT2D eigenvalue weighted by Gasteiger charge is -2.31. The lowest BCUT2D eigenvalue weighted by molar-refractivity contribution is -0.122. The van der Waals surface area contributed by atoms with Crippen LogP contribution in [-0.4, -0.2) is 5.91 Å². The summed E-state index contributed by atoms with van der Waals surface area (Å²) in [6.07, 6.45) is 0.418. The molecule has 0 radical (unpaired) electrons. The van der Waals surface area contributed by atoms with Crippen LogP contribution >= 0.6 is 11.3 Å². The standard InChI is InChI=1S/C22H20N2OS/c1-15-16(2)26-20(19(15)14-23)22(21(24)25,18-11-7-4-8-12-18)13-17-9-5-3-6-10-17/h3-12H,13H2,1-2H3,(H2,24,25). The lowest BCUT2D eigenvalue weighted by atomic mass is 9.72. The zero-order valence-corrected chi connectivity index (χ0v) is 15.6. The molecular weight excluding hydrogens is 340 g/mol. The average molecular weight is 360 g/mol. The molecule has 0 aliphatic heterocycles. The summed E-state index contributed by atoms with van der Waals surface area (Å²) in [5.74, 6) is -0.440. The number of nitriles is 1. The Hall–Kier alpha value is -2.90. The van der Waals surface area contributed by atoms with Crippen molar-refractivity contribution in [2.45, 2.75) is 25.7 Å². The number of carbonyl (C=O) groups is 1. The predicted molar refractivity (Wildman–Crippen MR) is 105 cm³/mol. The summed E-state index contributed by atoms with van der Waals surface area (Å²) in [7, 11) is 0. The molecular formula is C22H20N2OS. The third-order valence-corrected chi connectivity index (χ3v) is 6.25.